The third kappa shape index (κ3) is 5.68. The zero-order valence-electron chi connectivity index (χ0n) is 18.2. The van der Waals surface area contributed by atoms with Gasteiger partial charge in [-0.1, -0.05) is 30.7 Å². The van der Waals surface area contributed by atoms with Crippen molar-refractivity contribution in [1.82, 2.24) is 9.62 Å². The van der Waals surface area contributed by atoms with Gasteiger partial charge in [0.1, 0.15) is 0 Å². The van der Waals surface area contributed by atoms with Crippen LogP contribution in [-0.4, -0.2) is 43.7 Å². The van der Waals surface area contributed by atoms with Crippen LogP contribution >= 0.6 is 11.6 Å². The molecule has 0 aliphatic carbocycles. The number of piperidine rings is 1. The van der Waals surface area contributed by atoms with E-state index in [9.17, 15) is 18.0 Å². The largest absolute Gasteiger partial charge is 0.350 e. The van der Waals surface area contributed by atoms with E-state index < -0.39 is 15.9 Å². The van der Waals surface area contributed by atoms with Gasteiger partial charge in [-0.05, 0) is 62.6 Å². The van der Waals surface area contributed by atoms with Crippen LogP contribution in [0, 0.1) is 5.92 Å². The average Bonchev–Trinajstić information content (AvgIpc) is 2.79. The number of hydrogen-bond donors (Lipinski definition) is 2. The highest BCUT2D eigenvalue weighted by Gasteiger charge is 2.33. The van der Waals surface area contributed by atoms with E-state index in [0.717, 1.165) is 6.42 Å². The van der Waals surface area contributed by atoms with Crippen LogP contribution < -0.4 is 10.6 Å². The maximum absolute atomic E-state index is 13.0. The third-order valence-electron chi connectivity index (χ3n) is 5.63. The number of para-hydroxylation sites is 1. The minimum absolute atomic E-state index is 0.0104. The molecule has 2 atom stereocenters. The SMILES string of the molecule is CC[C@H](C)NC(=O)c1ccccc1NC(=O)[C@@H]1CCCN(S(=O)(=O)c2ccc(Cl)cc2)C1. The second-order valence-electron chi connectivity index (χ2n) is 7.97. The summed E-state index contributed by atoms with van der Waals surface area (Å²) in [5.74, 6) is -1.08. The number of carbonyl (C=O) groups is 2. The molecule has 0 unspecified atom stereocenters. The molecule has 1 aliphatic rings. The molecule has 0 saturated carbocycles. The lowest BCUT2D eigenvalue weighted by Gasteiger charge is -2.31. The maximum atomic E-state index is 13.0. The molecule has 0 spiro atoms. The highest BCUT2D eigenvalue weighted by Crippen LogP contribution is 2.26. The molecule has 2 aromatic carbocycles. The highest BCUT2D eigenvalue weighted by molar-refractivity contribution is 7.89. The van der Waals surface area contributed by atoms with E-state index in [4.69, 9.17) is 11.6 Å². The van der Waals surface area contributed by atoms with Crippen LogP contribution in [0.15, 0.2) is 53.4 Å². The molecule has 9 heteroatoms. The van der Waals surface area contributed by atoms with Gasteiger partial charge in [0.15, 0.2) is 0 Å². The summed E-state index contributed by atoms with van der Waals surface area (Å²) in [4.78, 5) is 25.7. The Balaban J connectivity index is 1.73. The smallest absolute Gasteiger partial charge is 0.253 e. The van der Waals surface area contributed by atoms with Gasteiger partial charge in [0.05, 0.1) is 22.1 Å². The summed E-state index contributed by atoms with van der Waals surface area (Å²) >= 11 is 5.87. The number of nitrogens with one attached hydrogen (secondary N) is 2. The minimum Gasteiger partial charge on any atom is -0.350 e. The second kappa shape index (κ2) is 10.5. The van der Waals surface area contributed by atoms with E-state index in [1.807, 2.05) is 13.8 Å². The van der Waals surface area contributed by atoms with Crippen LogP contribution in [0.25, 0.3) is 0 Å². The standard InChI is InChI=1S/C23H28ClN3O4S/c1-3-16(2)25-23(29)20-8-4-5-9-21(20)26-22(28)17-7-6-14-27(15-17)32(30,31)19-12-10-18(24)11-13-19/h4-5,8-13,16-17H,3,6-7,14-15H2,1-2H3,(H,25,29)(H,26,28)/t16-,17+/m0/s1. The Morgan fingerprint density at radius 2 is 1.84 bits per heavy atom. The van der Waals surface area contributed by atoms with E-state index >= 15 is 0 Å². The third-order valence-corrected chi connectivity index (χ3v) is 7.76. The van der Waals surface area contributed by atoms with Gasteiger partial charge in [0.2, 0.25) is 15.9 Å². The summed E-state index contributed by atoms with van der Waals surface area (Å²) in [7, 11) is -3.73. The molecule has 0 aromatic heterocycles. The molecule has 2 amide bonds. The molecule has 1 heterocycles. The van der Waals surface area contributed by atoms with Crippen molar-refractivity contribution in [3.63, 3.8) is 0 Å². The Bertz CT molecular complexity index is 1070. The van der Waals surface area contributed by atoms with Gasteiger partial charge in [-0.3, -0.25) is 9.59 Å². The van der Waals surface area contributed by atoms with Crippen LogP contribution in [0.4, 0.5) is 5.69 Å². The van der Waals surface area contributed by atoms with Crippen molar-refractivity contribution >= 4 is 39.1 Å². The molecule has 32 heavy (non-hydrogen) atoms. The van der Waals surface area contributed by atoms with E-state index in [1.54, 1.807) is 24.3 Å². The normalized spacial score (nSPS) is 18.0. The first-order valence-corrected chi connectivity index (χ1v) is 12.5. The average molecular weight is 478 g/mol. The Hall–Kier alpha value is -2.42. The van der Waals surface area contributed by atoms with Crippen LogP contribution in [0.3, 0.4) is 0 Å². The van der Waals surface area contributed by atoms with Gasteiger partial charge >= 0.3 is 0 Å². The molecule has 1 saturated heterocycles. The van der Waals surface area contributed by atoms with E-state index in [2.05, 4.69) is 10.6 Å². The molecule has 2 N–H and O–H groups in total. The Morgan fingerprint density at radius 1 is 1.16 bits per heavy atom. The molecule has 172 valence electrons. The first-order valence-electron chi connectivity index (χ1n) is 10.7. The molecule has 1 aliphatic heterocycles. The highest BCUT2D eigenvalue weighted by atomic mass is 35.5. The molecular formula is C23H28ClN3O4S. The van der Waals surface area contributed by atoms with Crippen molar-refractivity contribution in [2.24, 2.45) is 5.92 Å². The number of nitrogens with zero attached hydrogens (tertiary/aromatic N) is 1. The fourth-order valence-corrected chi connectivity index (χ4v) is 5.21. The number of sulfonamides is 1. The summed E-state index contributed by atoms with van der Waals surface area (Å²) in [6.07, 6.45) is 1.93. The molecule has 1 fully saturated rings. The van der Waals surface area contributed by atoms with E-state index in [0.29, 0.717) is 35.7 Å². The Kier molecular flexibility index (Phi) is 7.92. The topological polar surface area (TPSA) is 95.6 Å². The molecule has 7 nitrogen and oxygen atoms in total. The monoisotopic (exact) mass is 477 g/mol. The minimum atomic E-state index is -3.73. The van der Waals surface area contributed by atoms with Gasteiger partial charge in [-0.15, -0.1) is 0 Å². The van der Waals surface area contributed by atoms with Crippen molar-refractivity contribution in [3.05, 3.63) is 59.1 Å². The van der Waals surface area contributed by atoms with Gasteiger partial charge in [-0.25, -0.2) is 8.42 Å². The number of rotatable bonds is 7. The number of anilines is 1. The predicted octanol–water partition coefficient (Wildman–Crippen LogP) is 3.91. The number of benzene rings is 2. The van der Waals surface area contributed by atoms with Crippen molar-refractivity contribution < 1.29 is 18.0 Å². The first-order chi connectivity index (χ1) is 15.2. The van der Waals surface area contributed by atoms with Gasteiger partial charge in [0.25, 0.3) is 5.91 Å². The van der Waals surface area contributed by atoms with Gasteiger partial charge in [0, 0.05) is 24.2 Å². The van der Waals surface area contributed by atoms with Crippen molar-refractivity contribution in [1.29, 1.82) is 0 Å². The Morgan fingerprint density at radius 3 is 2.53 bits per heavy atom. The number of halogens is 1. The summed E-state index contributed by atoms with van der Waals surface area (Å²) in [5.41, 5.74) is 0.790. The maximum Gasteiger partial charge on any atom is 0.253 e. The predicted molar refractivity (Wildman–Crippen MR) is 125 cm³/mol. The summed E-state index contributed by atoms with van der Waals surface area (Å²) in [5, 5.41) is 6.19. The fraction of sp³-hybridized carbons (Fsp3) is 0.391. The van der Waals surface area contributed by atoms with Gasteiger partial charge < -0.3 is 10.6 Å². The lowest BCUT2D eigenvalue weighted by atomic mass is 9.98. The van der Waals surface area contributed by atoms with Crippen molar-refractivity contribution in [2.45, 2.75) is 44.0 Å². The molecule has 2 aromatic rings. The van der Waals surface area contributed by atoms with Crippen molar-refractivity contribution in [2.75, 3.05) is 18.4 Å². The van der Waals surface area contributed by atoms with Crippen LogP contribution in [0.1, 0.15) is 43.5 Å². The second-order valence-corrected chi connectivity index (χ2v) is 10.3. The van der Waals surface area contributed by atoms with E-state index in [1.165, 1.54) is 28.6 Å². The fourth-order valence-electron chi connectivity index (χ4n) is 3.56. The zero-order valence-corrected chi connectivity index (χ0v) is 19.7. The quantitative estimate of drug-likeness (QED) is 0.632. The number of amides is 2. The summed E-state index contributed by atoms with van der Waals surface area (Å²) in [6, 6.07) is 12.8. The molecule has 0 bridgehead atoms. The molecule has 0 radical (unpaired) electrons. The van der Waals surface area contributed by atoms with E-state index in [-0.39, 0.29) is 29.3 Å². The molecular weight excluding hydrogens is 450 g/mol. The first kappa shape index (κ1) is 24.2. The number of hydrogen-bond acceptors (Lipinski definition) is 4. The Labute approximate surface area is 194 Å². The van der Waals surface area contributed by atoms with Crippen LogP contribution in [0.2, 0.25) is 5.02 Å². The lowest BCUT2D eigenvalue weighted by molar-refractivity contribution is -0.120. The molecule has 3 rings (SSSR count). The zero-order chi connectivity index (χ0) is 23.3. The van der Waals surface area contributed by atoms with Gasteiger partial charge in [-0.2, -0.15) is 4.31 Å². The lowest BCUT2D eigenvalue weighted by Crippen LogP contribution is -2.43. The number of carbonyl (C=O) groups excluding carboxylic acids is 2. The summed E-state index contributed by atoms with van der Waals surface area (Å²) in [6.45, 7) is 4.32. The van der Waals surface area contributed by atoms with Crippen LogP contribution in [-0.2, 0) is 14.8 Å². The van der Waals surface area contributed by atoms with Crippen LogP contribution in [0.5, 0.6) is 0 Å². The van der Waals surface area contributed by atoms with Crippen molar-refractivity contribution in [3.8, 4) is 0 Å². The summed E-state index contributed by atoms with van der Waals surface area (Å²) < 4.78 is 27.3.